The zero-order valence-corrected chi connectivity index (χ0v) is 9.81. The van der Waals surface area contributed by atoms with Gasteiger partial charge in [0.2, 0.25) is 0 Å². The summed E-state index contributed by atoms with van der Waals surface area (Å²) in [5, 5.41) is 4.45. The number of nitrogens with zero attached hydrogens (tertiary/aromatic N) is 3. The van der Waals surface area contributed by atoms with Gasteiger partial charge < -0.3 is 10.6 Å². The Labute approximate surface area is 95.3 Å². The van der Waals surface area contributed by atoms with Crippen LogP contribution in [0.1, 0.15) is 5.69 Å². The van der Waals surface area contributed by atoms with Crippen molar-refractivity contribution in [2.24, 2.45) is 0 Å². The van der Waals surface area contributed by atoms with Crippen molar-refractivity contribution in [3.8, 4) is 5.69 Å². The highest BCUT2D eigenvalue weighted by Gasteiger charge is 2.14. The van der Waals surface area contributed by atoms with Crippen LogP contribution in [0.2, 0.25) is 0 Å². The summed E-state index contributed by atoms with van der Waals surface area (Å²) in [4.78, 5) is 1.97. The van der Waals surface area contributed by atoms with E-state index in [4.69, 9.17) is 5.73 Å². The highest BCUT2D eigenvalue weighted by molar-refractivity contribution is 5.68. The van der Waals surface area contributed by atoms with Gasteiger partial charge >= 0.3 is 0 Å². The fraction of sp³-hybridized carbons (Fsp3) is 0.250. The van der Waals surface area contributed by atoms with E-state index in [1.54, 1.807) is 0 Å². The van der Waals surface area contributed by atoms with Gasteiger partial charge in [0, 0.05) is 14.1 Å². The second kappa shape index (κ2) is 3.89. The third-order valence-corrected chi connectivity index (χ3v) is 2.51. The second-order valence-corrected chi connectivity index (χ2v) is 3.96. The maximum absolute atomic E-state index is 6.02. The van der Waals surface area contributed by atoms with Crippen LogP contribution >= 0.6 is 0 Å². The number of hydrogen-bond donors (Lipinski definition) is 1. The zero-order valence-electron chi connectivity index (χ0n) is 9.81. The minimum atomic E-state index is 0.730. The molecule has 16 heavy (non-hydrogen) atoms. The number of aryl methyl sites for hydroxylation is 1. The Bertz CT molecular complexity index is 485. The number of nitrogen functional groups attached to an aromatic ring is 1. The number of rotatable bonds is 2. The van der Waals surface area contributed by atoms with Crippen LogP contribution in [0, 0.1) is 6.92 Å². The third kappa shape index (κ3) is 1.62. The lowest BCUT2D eigenvalue weighted by molar-refractivity contribution is 0.841. The van der Waals surface area contributed by atoms with E-state index in [-0.39, 0.29) is 0 Å². The Balaban J connectivity index is 2.62. The molecule has 0 bridgehead atoms. The minimum absolute atomic E-state index is 0.730. The SMILES string of the molecule is Cc1nn(-c2ccccc2)c(N(C)C)c1N. The molecule has 2 N–H and O–H groups in total. The monoisotopic (exact) mass is 216 g/mol. The summed E-state index contributed by atoms with van der Waals surface area (Å²) in [6.45, 7) is 1.92. The molecule has 0 aliphatic rings. The predicted molar refractivity (Wildman–Crippen MR) is 67.0 cm³/mol. The van der Waals surface area contributed by atoms with Crippen molar-refractivity contribution in [1.29, 1.82) is 0 Å². The molecule has 0 fully saturated rings. The molecule has 1 aromatic carbocycles. The number of aromatic nitrogens is 2. The lowest BCUT2D eigenvalue weighted by Crippen LogP contribution is -2.15. The second-order valence-electron chi connectivity index (χ2n) is 3.96. The van der Waals surface area contributed by atoms with Crippen LogP contribution < -0.4 is 10.6 Å². The molecule has 0 saturated heterocycles. The summed E-state index contributed by atoms with van der Waals surface area (Å²) in [5.74, 6) is 0.920. The molecule has 0 saturated carbocycles. The molecule has 1 aromatic heterocycles. The summed E-state index contributed by atoms with van der Waals surface area (Å²) in [7, 11) is 3.93. The number of nitrogens with two attached hydrogens (primary N) is 1. The number of benzene rings is 1. The molecule has 0 aliphatic heterocycles. The van der Waals surface area contributed by atoms with Crippen LogP contribution in [-0.2, 0) is 0 Å². The van der Waals surface area contributed by atoms with E-state index >= 15 is 0 Å². The lowest BCUT2D eigenvalue weighted by atomic mass is 10.3. The number of hydrogen-bond acceptors (Lipinski definition) is 3. The Morgan fingerprint density at radius 1 is 1.19 bits per heavy atom. The first kappa shape index (κ1) is 10.5. The average Bonchev–Trinajstić information content (AvgIpc) is 2.57. The van der Waals surface area contributed by atoms with E-state index in [2.05, 4.69) is 5.10 Å². The molecule has 0 spiro atoms. The Hall–Kier alpha value is -1.97. The maximum atomic E-state index is 6.02. The fourth-order valence-electron chi connectivity index (χ4n) is 1.71. The quantitative estimate of drug-likeness (QED) is 0.833. The van der Waals surface area contributed by atoms with Crippen molar-refractivity contribution in [2.45, 2.75) is 6.92 Å². The summed E-state index contributed by atoms with van der Waals surface area (Å²) in [5.41, 5.74) is 8.62. The standard InChI is InChI=1S/C12H16N4/c1-9-11(13)12(15(2)3)16(14-9)10-7-5-4-6-8-10/h4-8H,13H2,1-3H3. The molecule has 84 valence electrons. The first-order chi connectivity index (χ1) is 7.61. The van der Waals surface area contributed by atoms with Crippen molar-refractivity contribution in [3.05, 3.63) is 36.0 Å². The van der Waals surface area contributed by atoms with E-state index in [9.17, 15) is 0 Å². The van der Waals surface area contributed by atoms with Gasteiger partial charge in [-0.2, -0.15) is 5.10 Å². The van der Waals surface area contributed by atoms with E-state index < -0.39 is 0 Å². The van der Waals surface area contributed by atoms with Crippen LogP contribution in [0.15, 0.2) is 30.3 Å². The summed E-state index contributed by atoms with van der Waals surface area (Å²) in [6.07, 6.45) is 0. The molecular formula is C12H16N4. The van der Waals surface area contributed by atoms with Crippen LogP contribution in [-0.4, -0.2) is 23.9 Å². The molecular weight excluding hydrogens is 200 g/mol. The van der Waals surface area contributed by atoms with E-state index in [0.717, 1.165) is 22.9 Å². The van der Waals surface area contributed by atoms with Crippen LogP contribution in [0.4, 0.5) is 11.5 Å². The zero-order chi connectivity index (χ0) is 11.7. The average molecular weight is 216 g/mol. The normalized spacial score (nSPS) is 10.4. The van der Waals surface area contributed by atoms with Gasteiger partial charge in [-0.1, -0.05) is 18.2 Å². The Kier molecular flexibility index (Phi) is 2.56. The molecule has 1 heterocycles. The van der Waals surface area contributed by atoms with E-state index in [0.29, 0.717) is 0 Å². The Morgan fingerprint density at radius 2 is 1.81 bits per heavy atom. The Morgan fingerprint density at radius 3 is 2.38 bits per heavy atom. The molecule has 2 aromatic rings. The fourth-order valence-corrected chi connectivity index (χ4v) is 1.71. The largest absolute Gasteiger partial charge is 0.394 e. The van der Waals surface area contributed by atoms with Crippen LogP contribution in [0.3, 0.4) is 0 Å². The maximum Gasteiger partial charge on any atom is 0.155 e. The van der Waals surface area contributed by atoms with Gasteiger partial charge in [-0.15, -0.1) is 0 Å². The first-order valence-electron chi connectivity index (χ1n) is 5.19. The van der Waals surface area contributed by atoms with Crippen LogP contribution in [0.5, 0.6) is 0 Å². The van der Waals surface area contributed by atoms with Crippen LogP contribution in [0.25, 0.3) is 5.69 Å². The van der Waals surface area contributed by atoms with Gasteiger partial charge in [0.05, 0.1) is 17.1 Å². The number of anilines is 2. The van der Waals surface area contributed by atoms with Gasteiger partial charge in [0.1, 0.15) is 0 Å². The van der Waals surface area contributed by atoms with Crippen molar-refractivity contribution >= 4 is 11.5 Å². The molecule has 0 aliphatic carbocycles. The summed E-state index contributed by atoms with van der Waals surface area (Å²) >= 11 is 0. The smallest absolute Gasteiger partial charge is 0.155 e. The molecule has 0 amide bonds. The minimum Gasteiger partial charge on any atom is -0.394 e. The van der Waals surface area contributed by atoms with Gasteiger partial charge in [0.15, 0.2) is 5.82 Å². The van der Waals surface area contributed by atoms with Crippen molar-refractivity contribution in [3.63, 3.8) is 0 Å². The lowest BCUT2D eigenvalue weighted by Gasteiger charge is -2.15. The summed E-state index contributed by atoms with van der Waals surface area (Å²) in [6, 6.07) is 9.99. The predicted octanol–water partition coefficient (Wildman–Crippen LogP) is 1.83. The van der Waals surface area contributed by atoms with Gasteiger partial charge in [-0.25, -0.2) is 4.68 Å². The molecule has 4 heteroatoms. The van der Waals surface area contributed by atoms with Crippen molar-refractivity contribution in [1.82, 2.24) is 9.78 Å². The number of para-hydroxylation sites is 1. The third-order valence-electron chi connectivity index (χ3n) is 2.51. The topological polar surface area (TPSA) is 47.1 Å². The van der Waals surface area contributed by atoms with E-state index in [1.165, 1.54) is 0 Å². The van der Waals surface area contributed by atoms with Gasteiger partial charge in [-0.3, -0.25) is 0 Å². The van der Waals surface area contributed by atoms with E-state index in [1.807, 2.05) is 60.9 Å². The highest BCUT2D eigenvalue weighted by Crippen LogP contribution is 2.27. The highest BCUT2D eigenvalue weighted by atomic mass is 15.4. The molecule has 2 rings (SSSR count). The molecule has 0 unspecified atom stereocenters. The first-order valence-corrected chi connectivity index (χ1v) is 5.19. The molecule has 0 atom stereocenters. The van der Waals surface area contributed by atoms with Crippen molar-refractivity contribution in [2.75, 3.05) is 24.7 Å². The molecule has 4 nitrogen and oxygen atoms in total. The molecule has 0 radical (unpaired) electrons. The van der Waals surface area contributed by atoms with Gasteiger partial charge in [0.25, 0.3) is 0 Å². The van der Waals surface area contributed by atoms with Crippen molar-refractivity contribution < 1.29 is 0 Å². The van der Waals surface area contributed by atoms with Gasteiger partial charge in [-0.05, 0) is 19.1 Å². The summed E-state index contributed by atoms with van der Waals surface area (Å²) < 4.78 is 1.87.